The molecule has 2 aromatic carbocycles. The van der Waals surface area contributed by atoms with E-state index in [2.05, 4.69) is 6.58 Å². The van der Waals surface area contributed by atoms with Gasteiger partial charge in [-0.1, -0.05) is 24.8 Å². The highest BCUT2D eigenvalue weighted by Gasteiger charge is 2.45. The zero-order valence-corrected chi connectivity index (χ0v) is 17.6. The number of likely N-dealkylation sites (N-methyl/N-ethyl adjacent to an activating group) is 1. The minimum atomic E-state index is -0.753. The molecule has 162 valence electrons. The number of carbonyl (C=O) groups is 2. The summed E-state index contributed by atoms with van der Waals surface area (Å²) in [6, 6.07) is 12.1. The van der Waals surface area contributed by atoms with E-state index in [1.807, 2.05) is 19.0 Å². The number of ether oxygens (including phenoxy) is 1. The number of phenolic OH excluding ortho intramolecular Hbond substituents is 1. The number of nitrogens with zero attached hydrogens (tertiary/aromatic N) is 2. The molecule has 0 bridgehead atoms. The van der Waals surface area contributed by atoms with Gasteiger partial charge in [-0.25, -0.2) is 0 Å². The predicted molar refractivity (Wildman–Crippen MR) is 118 cm³/mol. The molecule has 3 rings (SSSR count). The first-order valence-corrected chi connectivity index (χ1v) is 9.89. The van der Waals surface area contributed by atoms with E-state index in [0.29, 0.717) is 36.6 Å². The Balaban J connectivity index is 2.05. The highest BCUT2D eigenvalue weighted by Crippen LogP contribution is 2.39. The predicted octanol–water partition coefficient (Wildman–Crippen LogP) is 2.94. The first-order valence-electron chi connectivity index (χ1n) is 9.89. The van der Waals surface area contributed by atoms with Crippen molar-refractivity contribution < 1.29 is 24.5 Å². The highest BCUT2D eigenvalue weighted by atomic mass is 16.5. The van der Waals surface area contributed by atoms with Crippen LogP contribution in [0, 0.1) is 0 Å². The van der Waals surface area contributed by atoms with Gasteiger partial charge in [0.15, 0.2) is 0 Å². The lowest BCUT2D eigenvalue weighted by Gasteiger charge is -2.26. The quantitative estimate of drug-likeness (QED) is 0.294. The zero-order valence-electron chi connectivity index (χ0n) is 17.6. The van der Waals surface area contributed by atoms with Crippen LogP contribution >= 0.6 is 0 Å². The maximum Gasteiger partial charge on any atom is 0.295 e. The van der Waals surface area contributed by atoms with Gasteiger partial charge in [-0.3, -0.25) is 9.59 Å². The van der Waals surface area contributed by atoms with Gasteiger partial charge in [0.1, 0.15) is 23.9 Å². The number of phenols is 1. The molecular weight excluding hydrogens is 396 g/mol. The molecule has 0 saturated carbocycles. The summed E-state index contributed by atoms with van der Waals surface area (Å²) in [7, 11) is 3.75. The lowest BCUT2D eigenvalue weighted by molar-refractivity contribution is -0.140. The second kappa shape index (κ2) is 9.49. The fraction of sp³-hybridized carbons (Fsp3) is 0.250. The number of aliphatic hydroxyl groups is 1. The van der Waals surface area contributed by atoms with Gasteiger partial charge in [0.05, 0.1) is 11.6 Å². The summed E-state index contributed by atoms with van der Waals surface area (Å²) in [6.07, 6.45) is 1.63. The number of rotatable bonds is 8. The van der Waals surface area contributed by atoms with Crippen molar-refractivity contribution in [3.05, 3.63) is 77.9 Å². The van der Waals surface area contributed by atoms with E-state index < -0.39 is 17.7 Å². The van der Waals surface area contributed by atoms with Gasteiger partial charge >= 0.3 is 0 Å². The second-order valence-corrected chi connectivity index (χ2v) is 7.51. The van der Waals surface area contributed by atoms with Crippen molar-refractivity contribution in [2.24, 2.45) is 0 Å². The Labute approximate surface area is 181 Å². The fourth-order valence-corrected chi connectivity index (χ4v) is 3.44. The number of aliphatic hydroxyl groups excluding tert-OH is 1. The minimum absolute atomic E-state index is 0.0224. The fourth-order valence-electron chi connectivity index (χ4n) is 3.44. The van der Waals surface area contributed by atoms with Crippen LogP contribution in [0.25, 0.3) is 5.76 Å². The van der Waals surface area contributed by atoms with Crippen molar-refractivity contribution >= 4 is 17.4 Å². The van der Waals surface area contributed by atoms with Crippen LogP contribution in [-0.2, 0) is 9.59 Å². The first kappa shape index (κ1) is 22.1. The van der Waals surface area contributed by atoms with Gasteiger partial charge in [0.25, 0.3) is 11.7 Å². The SMILES string of the molecule is C=CCOc1ccc(/C(O)=C2/C(=O)C(=O)N(CCN(C)C)C2c2ccc(O)cc2)cc1. The monoisotopic (exact) mass is 422 g/mol. The Morgan fingerprint density at radius 2 is 1.77 bits per heavy atom. The summed E-state index contributed by atoms with van der Waals surface area (Å²) in [4.78, 5) is 29.1. The van der Waals surface area contributed by atoms with E-state index in [4.69, 9.17) is 4.74 Å². The molecule has 2 N–H and O–H groups in total. The standard InChI is InChI=1S/C24H26N2O5/c1-4-15-31-19-11-7-17(8-12-19)22(28)20-21(16-5-9-18(27)10-6-16)26(14-13-25(2)3)24(30)23(20)29/h4-12,21,27-28H,1,13-15H2,2-3H3/b22-20-. The molecule has 31 heavy (non-hydrogen) atoms. The van der Waals surface area contributed by atoms with E-state index in [9.17, 15) is 19.8 Å². The third kappa shape index (κ3) is 4.78. The van der Waals surface area contributed by atoms with E-state index in [0.717, 1.165) is 0 Å². The van der Waals surface area contributed by atoms with E-state index in [1.165, 1.54) is 17.0 Å². The van der Waals surface area contributed by atoms with Crippen molar-refractivity contribution in [1.82, 2.24) is 9.80 Å². The van der Waals surface area contributed by atoms with Crippen molar-refractivity contribution in [3.8, 4) is 11.5 Å². The topological polar surface area (TPSA) is 90.3 Å². The number of hydrogen-bond donors (Lipinski definition) is 2. The Bertz CT molecular complexity index is 994. The van der Waals surface area contributed by atoms with Crippen LogP contribution in [0.1, 0.15) is 17.2 Å². The smallest absolute Gasteiger partial charge is 0.295 e. The Hall–Kier alpha value is -3.58. The van der Waals surface area contributed by atoms with Gasteiger partial charge < -0.3 is 24.7 Å². The van der Waals surface area contributed by atoms with Gasteiger partial charge in [-0.05, 0) is 56.1 Å². The van der Waals surface area contributed by atoms with Crippen LogP contribution in [0.4, 0.5) is 0 Å². The van der Waals surface area contributed by atoms with Crippen LogP contribution in [0.15, 0.2) is 66.8 Å². The lowest BCUT2D eigenvalue weighted by Crippen LogP contribution is -2.35. The molecule has 0 aromatic heterocycles. The van der Waals surface area contributed by atoms with Crippen LogP contribution in [0.5, 0.6) is 11.5 Å². The number of hydrogen-bond acceptors (Lipinski definition) is 6. The molecule has 0 spiro atoms. The zero-order chi connectivity index (χ0) is 22.5. The summed E-state index contributed by atoms with van der Waals surface area (Å²) in [6.45, 7) is 4.82. The molecule has 7 nitrogen and oxygen atoms in total. The van der Waals surface area contributed by atoms with Crippen LogP contribution < -0.4 is 4.74 Å². The van der Waals surface area contributed by atoms with Gasteiger partial charge in [0.2, 0.25) is 0 Å². The summed E-state index contributed by atoms with van der Waals surface area (Å²) in [5.41, 5.74) is 1.05. The number of aromatic hydroxyl groups is 1. The molecule has 0 aliphatic carbocycles. The number of carbonyl (C=O) groups excluding carboxylic acids is 2. The summed E-state index contributed by atoms with van der Waals surface area (Å²) in [5, 5.41) is 20.7. The third-order valence-corrected chi connectivity index (χ3v) is 5.03. The molecule has 1 aliphatic rings. The first-order chi connectivity index (χ1) is 14.8. The Kier molecular flexibility index (Phi) is 6.77. The summed E-state index contributed by atoms with van der Waals surface area (Å²) in [5.74, 6) is -0.977. The number of Topliss-reactive ketones (excluding diaryl/α,β-unsaturated/α-hetero) is 1. The molecule has 2 aromatic rings. The highest BCUT2D eigenvalue weighted by molar-refractivity contribution is 6.46. The van der Waals surface area contributed by atoms with Crippen molar-refractivity contribution in [2.45, 2.75) is 6.04 Å². The van der Waals surface area contributed by atoms with Gasteiger partial charge in [-0.2, -0.15) is 0 Å². The number of ketones is 1. The van der Waals surface area contributed by atoms with Crippen LogP contribution in [0.3, 0.4) is 0 Å². The third-order valence-electron chi connectivity index (χ3n) is 5.03. The molecule has 1 unspecified atom stereocenters. The summed E-state index contributed by atoms with van der Waals surface area (Å²) >= 11 is 0. The summed E-state index contributed by atoms with van der Waals surface area (Å²) < 4.78 is 5.45. The molecule has 1 atom stereocenters. The second-order valence-electron chi connectivity index (χ2n) is 7.51. The van der Waals surface area contributed by atoms with Crippen molar-refractivity contribution in [1.29, 1.82) is 0 Å². The molecule has 7 heteroatoms. The Morgan fingerprint density at radius 3 is 2.35 bits per heavy atom. The van der Waals surface area contributed by atoms with E-state index >= 15 is 0 Å². The number of amides is 1. The average molecular weight is 422 g/mol. The average Bonchev–Trinajstić information content (AvgIpc) is 3.01. The molecule has 0 radical (unpaired) electrons. The molecular formula is C24H26N2O5. The lowest BCUT2D eigenvalue weighted by atomic mass is 9.95. The molecule has 1 heterocycles. The van der Waals surface area contributed by atoms with E-state index in [-0.39, 0.29) is 17.1 Å². The molecule has 1 saturated heterocycles. The van der Waals surface area contributed by atoms with Gasteiger partial charge in [0, 0.05) is 18.7 Å². The van der Waals surface area contributed by atoms with Gasteiger partial charge in [-0.15, -0.1) is 0 Å². The van der Waals surface area contributed by atoms with Crippen molar-refractivity contribution in [2.75, 3.05) is 33.8 Å². The Morgan fingerprint density at radius 1 is 1.13 bits per heavy atom. The van der Waals surface area contributed by atoms with E-state index in [1.54, 1.807) is 42.5 Å². The van der Waals surface area contributed by atoms with Crippen LogP contribution in [0.2, 0.25) is 0 Å². The largest absolute Gasteiger partial charge is 0.508 e. The maximum atomic E-state index is 12.9. The number of likely N-dealkylation sites (tertiary alicyclic amines) is 1. The van der Waals surface area contributed by atoms with Crippen LogP contribution in [-0.4, -0.2) is 65.5 Å². The van der Waals surface area contributed by atoms with Crippen molar-refractivity contribution in [3.63, 3.8) is 0 Å². The molecule has 1 aliphatic heterocycles. The minimum Gasteiger partial charge on any atom is -0.508 e. The normalized spacial score (nSPS) is 17.9. The number of benzene rings is 2. The maximum absolute atomic E-state index is 12.9. The molecule has 1 amide bonds. The molecule has 1 fully saturated rings.